The van der Waals surface area contributed by atoms with Crippen LogP contribution >= 0.6 is 15.9 Å². The van der Waals surface area contributed by atoms with Crippen LogP contribution in [0.2, 0.25) is 0 Å². The topological polar surface area (TPSA) is 145 Å². The Morgan fingerprint density at radius 1 is 1.37 bits per heavy atom. The van der Waals surface area contributed by atoms with E-state index in [0.717, 1.165) is 4.90 Å². The zero-order chi connectivity index (χ0) is 14.6. The van der Waals surface area contributed by atoms with E-state index in [2.05, 4.69) is 20.9 Å². The molecule has 1 aromatic rings. The van der Waals surface area contributed by atoms with E-state index in [9.17, 15) is 19.7 Å². The molecule has 0 fully saturated rings. The molecule has 1 aromatic heterocycles. The smallest absolute Gasteiger partial charge is 0.312 e. The molecule has 0 aliphatic heterocycles. The number of hydrogen-bond acceptors (Lipinski definition) is 6. The fourth-order valence-electron chi connectivity index (χ4n) is 1.38. The fraction of sp³-hybridized carbons (Fsp3) is 0.222. The van der Waals surface area contributed by atoms with Crippen molar-refractivity contribution in [2.75, 3.05) is 18.0 Å². The number of rotatable bonds is 6. The molecule has 0 saturated carbocycles. The normalized spacial score (nSPS) is 9.95. The summed E-state index contributed by atoms with van der Waals surface area (Å²) in [4.78, 5) is 37.0. The van der Waals surface area contributed by atoms with Gasteiger partial charge in [0, 0.05) is 16.7 Å². The van der Waals surface area contributed by atoms with E-state index in [4.69, 9.17) is 11.5 Å². The van der Waals surface area contributed by atoms with Crippen molar-refractivity contribution in [2.45, 2.75) is 0 Å². The van der Waals surface area contributed by atoms with Gasteiger partial charge < -0.3 is 16.4 Å². The molecule has 0 atom stereocenters. The van der Waals surface area contributed by atoms with E-state index in [-0.39, 0.29) is 11.5 Å². The van der Waals surface area contributed by atoms with Gasteiger partial charge in [0.2, 0.25) is 17.6 Å². The highest BCUT2D eigenvalue weighted by molar-refractivity contribution is 9.10. The van der Waals surface area contributed by atoms with Gasteiger partial charge >= 0.3 is 5.69 Å². The van der Waals surface area contributed by atoms with E-state index in [1.165, 1.54) is 12.3 Å². The summed E-state index contributed by atoms with van der Waals surface area (Å²) in [6, 6.07) is 1.21. The van der Waals surface area contributed by atoms with Gasteiger partial charge in [-0.15, -0.1) is 0 Å². The molecule has 0 radical (unpaired) electrons. The van der Waals surface area contributed by atoms with Gasteiger partial charge in [0.05, 0.1) is 18.0 Å². The molecule has 0 aliphatic carbocycles. The van der Waals surface area contributed by atoms with Crippen molar-refractivity contribution in [3.63, 3.8) is 0 Å². The molecule has 1 heterocycles. The largest absolute Gasteiger partial charge is 0.368 e. The van der Waals surface area contributed by atoms with Crippen molar-refractivity contribution in [1.82, 2.24) is 4.98 Å². The highest BCUT2D eigenvalue weighted by atomic mass is 79.9. The minimum atomic E-state index is -0.764. The molecule has 2 amide bonds. The number of pyridine rings is 1. The van der Waals surface area contributed by atoms with Gasteiger partial charge in [-0.05, 0) is 15.9 Å². The maximum atomic E-state index is 10.9. The summed E-state index contributed by atoms with van der Waals surface area (Å²) in [7, 11) is 0. The highest BCUT2D eigenvalue weighted by Crippen LogP contribution is 2.28. The first-order valence-electron chi connectivity index (χ1n) is 4.92. The van der Waals surface area contributed by atoms with Crippen LogP contribution in [0.1, 0.15) is 0 Å². The lowest BCUT2D eigenvalue weighted by atomic mass is 10.3. The zero-order valence-electron chi connectivity index (χ0n) is 9.58. The predicted octanol–water partition coefficient (Wildman–Crippen LogP) is -0.471. The van der Waals surface area contributed by atoms with Crippen molar-refractivity contribution in [2.24, 2.45) is 11.5 Å². The molecule has 0 saturated heterocycles. The third-order valence-corrected chi connectivity index (χ3v) is 2.44. The van der Waals surface area contributed by atoms with Crippen LogP contribution in [0.15, 0.2) is 16.7 Å². The Hall–Kier alpha value is -2.23. The highest BCUT2D eigenvalue weighted by Gasteiger charge is 2.24. The Kier molecular flexibility index (Phi) is 4.75. The van der Waals surface area contributed by atoms with E-state index < -0.39 is 29.8 Å². The maximum absolute atomic E-state index is 10.9. The van der Waals surface area contributed by atoms with Crippen molar-refractivity contribution in [3.05, 3.63) is 26.9 Å². The molecule has 19 heavy (non-hydrogen) atoms. The van der Waals surface area contributed by atoms with Crippen molar-refractivity contribution in [1.29, 1.82) is 0 Å². The molecule has 0 bridgehead atoms. The first-order valence-corrected chi connectivity index (χ1v) is 5.72. The Morgan fingerprint density at radius 2 is 1.89 bits per heavy atom. The minimum absolute atomic E-state index is 0.147. The second-order valence-corrected chi connectivity index (χ2v) is 4.46. The van der Waals surface area contributed by atoms with Crippen LogP contribution in [-0.4, -0.2) is 34.8 Å². The van der Waals surface area contributed by atoms with Crippen LogP contribution in [-0.2, 0) is 9.59 Å². The number of primary amides is 2. The lowest BCUT2D eigenvalue weighted by Gasteiger charge is -2.19. The Bertz CT molecular complexity index is 519. The number of nitrogens with two attached hydrogens (primary N) is 2. The second kappa shape index (κ2) is 6.09. The van der Waals surface area contributed by atoms with Gasteiger partial charge in [-0.3, -0.25) is 19.7 Å². The second-order valence-electron chi connectivity index (χ2n) is 3.54. The number of amides is 2. The van der Waals surface area contributed by atoms with E-state index in [0.29, 0.717) is 4.47 Å². The SMILES string of the molecule is NC(=O)CN(CC(N)=O)c1ncc(Br)cc1[N+](=O)[O-]. The number of aromatic nitrogens is 1. The van der Waals surface area contributed by atoms with Crippen LogP contribution in [0, 0.1) is 10.1 Å². The van der Waals surface area contributed by atoms with Crippen LogP contribution in [0.5, 0.6) is 0 Å². The predicted molar refractivity (Wildman–Crippen MR) is 69.2 cm³/mol. The summed E-state index contributed by atoms with van der Waals surface area (Å²) >= 11 is 3.05. The molecule has 10 heteroatoms. The summed E-state index contributed by atoms with van der Waals surface area (Å²) in [5, 5.41) is 10.9. The molecule has 0 spiro atoms. The monoisotopic (exact) mass is 331 g/mol. The van der Waals surface area contributed by atoms with Gasteiger partial charge in [0.15, 0.2) is 0 Å². The summed E-state index contributed by atoms with van der Waals surface area (Å²) in [6.07, 6.45) is 1.30. The molecule has 102 valence electrons. The molecule has 9 nitrogen and oxygen atoms in total. The van der Waals surface area contributed by atoms with E-state index >= 15 is 0 Å². The molecular weight excluding hydrogens is 322 g/mol. The van der Waals surface area contributed by atoms with Gasteiger partial charge in [0.25, 0.3) is 0 Å². The number of carbonyl (C=O) groups is 2. The molecule has 1 rings (SSSR count). The summed E-state index contributed by atoms with van der Waals surface area (Å²) in [5.74, 6) is -1.67. The van der Waals surface area contributed by atoms with E-state index in [1.54, 1.807) is 0 Å². The molecular formula is C9H10BrN5O4. The van der Waals surface area contributed by atoms with Crippen LogP contribution < -0.4 is 16.4 Å². The third kappa shape index (κ3) is 4.17. The molecule has 0 aliphatic rings. The van der Waals surface area contributed by atoms with Gasteiger partial charge in [0.1, 0.15) is 0 Å². The molecule has 4 N–H and O–H groups in total. The lowest BCUT2D eigenvalue weighted by molar-refractivity contribution is -0.384. The zero-order valence-corrected chi connectivity index (χ0v) is 11.2. The van der Waals surface area contributed by atoms with Gasteiger partial charge in [-0.2, -0.15) is 0 Å². The standard InChI is InChI=1S/C9H10BrN5O4/c10-5-1-6(15(18)19)9(13-2-5)14(3-7(11)16)4-8(12)17/h1-2H,3-4H2,(H2,11,16)(H2,12,17). The third-order valence-electron chi connectivity index (χ3n) is 2.00. The van der Waals surface area contributed by atoms with Crippen LogP contribution in [0.25, 0.3) is 0 Å². The van der Waals surface area contributed by atoms with Crippen molar-refractivity contribution >= 4 is 39.2 Å². The first-order chi connectivity index (χ1) is 8.81. The van der Waals surface area contributed by atoms with Crippen molar-refractivity contribution in [3.8, 4) is 0 Å². The molecule has 0 unspecified atom stereocenters. The first kappa shape index (κ1) is 14.8. The maximum Gasteiger partial charge on any atom is 0.312 e. The summed E-state index contributed by atoms with van der Waals surface area (Å²) in [5.41, 5.74) is 9.68. The van der Waals surface area contributed by atoms with Crippen LogP contribution in [0.3, 0.4) is 0 Å². The molecule has 0 aromatic carbocycles. The lowest BCUT2D eigenvalue weighted by Crippen LogP contribution is -2.40. The number of nitro groups is 1. The Labute approximate surface area is 115 Å². The number of halogens is 1. The fourth-order valence-corrected chi connectivity index (χ4v) is 1.70. The number of carbonyl (C=O) groups excluding carboxylic acids is 2. The van der Waals surface area contributed by atoms with Gasteiger partial charge in [-0.25, -0.2) is 4.98 Å². The van der Waals surface area contributed by atoms with Crippen molar-refractivity contribution < 1.29 is 14.5 Å². The number of hydrogen-bond donors (Lipinski definition) is 2. The summed E-state index contributed by atoms with van der Waals surface area (Å²) < 4.78 is 0.390. The number of anilines is 1. The Morgan fingerprint density at radius 3 is 2.32 bits per heavy atom. The summed E-state index contributed by atoms with van der Waals surface area (Å²) in [6.45, 7) is -0.809. The minimum Gasteiger partial charge on any atom is -0.368 e. The van der Waals surface area contributed by atoms with E-state index in [1.807, 2.05) is 0 Å². The van der Waals surface area contributed by atoms with Crippen LogP contribution in [0.4, 0.5) is 11.5 Å². The average molecular weight is 332 g/mol. The van der Waals surface area contributed by atoms with Gasteiger partial charge in [-0.1, -0.05) is 0 Å². The Balaban J connectivity index is 3.24. The average Bonchev–Trinajstić information content (AvgIpc) is 2.26. The number of nitrogens with zero attached hydrogens (tertiary/aromatic N) is 3. The quantitative estimate of drug-likeness (QED) is 0.532.